The summed E-state index contributed by atoms with van der Waals surface area (Å²) in [5, 5.41) is 0.857. The van der Waals surface area contributed by atoms with Gasteiger partial charge in [0.15, 0.2) is 0 Å². The predicted octanol–water partition coefficient (Wildman–Crippen LogP) is 5.33. The number of unbranched alkanes of at least 4 members (excludes halogenated alkanes) is 8. The van der Waals surface area contributed by atoms with Crippen LogP contribution in [0.4, 0.5) is 0 Å². The van der Waals surface area contributed by atoms with E-state index in [0.717, 1.165) is 18.4 Å². The van der Waals surface area contributed by atoms with Crippen molar-refractivity contribution >= 4 is 11.0 Å². The molecule has 138 valence electrons. The van der Waals surface area contributed by atoms with Crippen molar-refractivity contribution in [1.29, 1.82) is 0 Å². The zero-order chi connectivity index (χ0) is 17.7. The highest BCUT2D eigenvalue weighted by Crippen LogP contribution is 2.23. The van der Waals surface area contributed by atoms with E-state index in [0.29, 0.717) is 17.9 Å². The zero-order valence-corrected chi connectivity index (χ0v) is 15.3. The van der Waals surface area contributed by atoms with Crippen molar-refractivity contribution in [3.8, 4) is 5.75 Å². The van der Waals surface area contributed by atoms with Crippen LogP contribution in [0.25, 0.3) is 11.0 Å². The summed E-state index contributed by atoms with van der Waals surface area (Å²) in [5.74, 6) is 0.628. The van der Waals surface area contributed by atoms with Crippen LogP contribution in [0.1, 0.15) is 57.8 Å². The Balaban J connectivity index is 1.56. The van der Waals surface area contributed by atoms with Gasteiger partial charge in [0.2, 0.25) is 0 Å². The third-order valence-corrected chi connectivity index (χ3v) is 4.36. The van der Waals surface area contributed by atoms with Crippen molar-refractivity contribution < 1.29 is 13.9 Å². The Labute approximate surface area is 150 Å². The summed E-state index contributed by atoms with van der Waals surface area (Å²) in [6.45, 7) is 1.53. The minimum Gasteiger partial charge on any atom is -0.493 e. The van der Waals surface area contributed by atoms with E-state index in [9.17, 15) is 4.79 Å². The Morgan fingerprint density at radius 1 is 0.840 bits per heavy atom. The number of ether oxygens (including phenoxy) is 2. The van der Waals surface area contributed by atoms with Gasteiger partial charge in [-0.3, -0.25) is 0 Å². The maximum absolute atomic E-state index is 11.6. The molecule has 25 heavy (non-hydrogen) atoms. The fraction of sp³-hybridized carbons (Fsp3) is 0.571. The first-order valence-corrected chi connectivity index (χ1v) is 9.46. The Morgan fingerprint density at radius 3 is 2.12 bits per heavy atom. The van der Waals surface area contributed by atoms with E-state index in [4.69, 9.17) is 13.9 Å². The molecule has 0 aliphatic rings. The molecule has 4 nitrogen and oxygen atoms in total. The van der Waals surface area contributed by atoms with Gasteiger partial charge in [-0.15, -0.1) is 0 Å². The number of hydrogen-bond acceptors (Lipinski definition) is 4. The van der Waals surface area contributed by atoms with E-state index in [1.165, 1.54) is 57.4 Å². The molecule has 0 fully saturated rings. The number of hydrogen-bond donors (Lipinski definition) is 0. The Morgan fingerprint density at radius 2 is 1.44 bits per heavy atom. The first-order valence-electron chi connectivity index (χ1n) is 9.46. The average Bonchev–Trinajstić information content (AvgIpc) is 2.62. The van der Waals surface area contributed by atoms with Crippen molar-refractivity contribution in [3.63, 3.8) is 0 Å². The van der Waals surface area contributed by atoms with Crippen molar-refractivity contribution in [2.24, 2.45) is 0 Å². The van der Waals surface area contributed by atoms with Crippen LogP contribution in [0, 0.1) is 0 Å². The second-order valence-electron chi connectivity index (χ2n) is 6.45. The van der Waals surface area contributed by atoms with Gasteiger partial charge in [-0.2, -0.15) is 0 Å². The van der Waals surface area contributed by atoms with E-state index < -0.39 is 0 Å². The molecule has 0 unspecified atom stereocenters. The van der Waals surface area contributed by atoms with E-state index in [2.05, 4.69) is 0 Å². The normalized spacial score (nSPS) is 11.1. The first kappa shape index (κ1) is 19.5. The molecule has 0 N–H and O–H groups in total. The molecule has 1 aromatic heterocycles. The molecule has 2 rings (SSSR count). The van der Waals surface area contributed by atoms with E-state index in [-0.39, 0.29) is 5.63 Å². The second kappa shape index (κ2) is 11.7. The Kier molecular flexibility index (Phi) is 9.13. The second-order valence-corrected chi connectivity index (χ2v) is 6.45. The van der Waals surface area contributed by atoms with Crippen LogP contribution in [0.2, 0.25) is 0 Å². The van der Waals surface area contributed by atoms with E-state index >= 15 is 0 Å². The topological polar surface area (TPSA) is 48.7 Å². The molecular weight excluding hydrogens is 316 g/mol. The van der Waals surface area contributed by atoms with Gasteiger partial charge in [0.05, 0.1) is 18.1 Å². The fourth-order valence-corrected chi connectivity index (χ4v) is 2.97. The van der Waals surface area contributed by atoms with E-state index in [1.54, 1.807) is 13.2 Å². The molecule has 0 spiro atoms. The van der Waals surface area contributed by atoms with Crippen molar-refractivity contribution in [3.05, 3.63) is 40.8 Å². The van der Waals surface area contributed by atoms with Crippen LogP contribution in [-0.4, -0.2) is 20.3 Å². The van der Waals surface area contributed by atoms with Crippen molar-refractivity contribution in [1.82, 2.24) is 0 Å². The van der Waals surface area contributed by atoms with Gasteiger partial charge in [0.25, 0.3) is 0 Å². The summed E-state index contributed by atoms with van der Waals surface area (Å²) in [6.07, 6.45) is 11.1. The summed E-state index contributed by atoms with van der Waals surface area (Å²) in [5.41, 5.74) is 0.217. The first-order chi connectivity index (χ1) is 12.3. The zero-order valence-electron chi connectivity index (χ0n) is 15.3. The lowest BCUT2D eigenvalue weighted by Gasteiger charge is -2.08. The van der Waals surface area contributed by atoms with E-state index in [1.807, 2.05) is 18.2 Å². The van der Waals surface area contributed by atoms with Crippen LogP contribution in [0.5, 0.6) is 5.75 Å². The van der Waals surface area contributed by atoms with Crippen LogP contribution >= 0.6 is 0 Å². The smallest absolute Gasteiger partial charge is 0.339 e. The molecule has 0 aliphatic heterocycles. The van der Waals surface area contributed by atoms with Gasteiger partial charge in [-0.25, -0.2) is 4.79 Å². The number of para-hydroxylation sites is 1. The van der Waals surface area contributed by atoms with Crippen LogP contribution < -0.4 is 10.4 Å². The summed E-state index contributed by atoms with van der Waals surface area (Å²) >= 11 is 0. The number of methoxy groups -OCH3 is 1. The van der Waals surface area contributed by atoms with Gasteiger partial charge >= 0.3 is 5.63 Å². The summed E-state index contributed by atoms with van der Waals surface area (Å²) in [4.78, 5) is 11.6. The molecule has 0 radical (unpaired) electrons. The molecule has 0 saturated carbocycles. The number of rotatable bonds is 13. The summed E-state index contributed by atoms with van der Waals surface area (Å²) in [6, 6.07) is 8.92. The van der Waals surface area contributed by atoms with Crippen molar-refractivity contribution in [2.45, 2.75) is 57.8 Å². The Hall–Kier alpha value is -1.81. The molecule has 0 saturated heterocycles. The highest BCUT2D eigenvalue weighted by molar-refractivity contribution is 5.82. The maximum atomic E-state index is 11.6. The molecule has 1 aromatic carbocycles. The van der Waals surface area contributed by atoms with Crippen LogP contribution in [0.15, 0.2) is 39.5 Å². The molecule has 1 heterocycles. The monoisotopic (exact) mass is 346 g/mol. The average molecular weight is 346 g/mol. The van der Waals surface area contributed by atoms with Gasteiger partial charge in [-0.05, 0) is 25.0 Å². The lowest BCUT2D eigenvalue weighted by Crippen LogP contribution is -2.03. The summed E-state index contributed by atoms with van der Waals surface area (Å²) < 4.78 is 16.0. The van der Waals surface area contributed by atoms with Gasteiger partial charge in [-0.1, -0.05) is 57.1 Å². The molecular formula is C21H30O4. The molecule has 0 amide bonds. The molecule has 2 aromatic rings. The predicted molar refractivity (Wildman–Crippen MR) is 101 cm³/mol. The highest BCUT2D eigenvalue weighted by atomic mass is 16.5. The highest BCUT2D eigenvalue weighted by Gasteiger charge is 2.05. The third kappa shape index (κ3) is 7.30. The van der Waals surface area contributed by atoms with Gasteiger partial charge in [0, 0.05) is 13.7 Å². The quantitative estimate of drug-likeness (QED) is 0.363. The summed E-state index contributed by atoms with van der Waals surface area (Å²) in [7, 11) is 1.76. The minimum atomic E-state index is -0.362. The largest absolute Gasteiger partial charge is 0.493 e. The third-order valence-electron chi connectivity index (χ3n) is 4.36. The Bertz CT molecular complexity index is 662. The molecule has 0 bridgehead atoms. The number of benzene rings is 1. The SMILES string of the molecule is COCCCCCCCCCCCOc1cc(=O)oc2ccccc12. The molecule has 0 atom stereocenters. The molecule has 0 aliphatic carbocycles. The number of fused-ring (bicyclic) bond motifs is 1. The minimum absolute atomic E-state index is 0.362. The lowest BCUT2D eigenvalue weighted by atomic mass is 10.1. The van der Waals surface area contributed by atoms with Crippen molar-refractivity contribution in [2.75, 3.05) is 20.3 Å². The fourth-order valence-electron chi connectivity index (χ4n) is 2.97. The van der Waals surface area contributed by atoms with Crippen LogP contribution in [0.3, 0.4) is 0 Å². The van der Waals surface area contributed by atoms with Gasteiger partial charge in [0.1, 0.15) is 11.3 Å². The maximum Gasteiger partial charge on any atom is 0.339 e. The van der Waals surface area contributed by atoms with Gasteiger partial charge < -0.3 is 13.9 Å². The van der Waals surface area contributed by atoms with Crippen LogP contribution in [-0.2, 0) is 4.74 Å². The molecule has 4 heteroatoms. The lowest BCUT2D eigenvalue weighted by molar-refractivity contribution is 0.192. The standard InChI is InChI=1S/C21H30O4/c1-23-15-11-7-5-3-2-4-6-8-12-16-24-20-17-21(22)25-19-14-10-9-13-18(19)20/h9-10,13-14,17H,2-8,11-12,15-16H2,1H3.